The Kier molecular flexibility index (Phi) is 10.4. The van der Waals surface area contributed by atoms with Crippen LogP contribution in [0.3, 0.4) is 0 Å². The minimum absolute atomic E-state index is 0.260. The minimum Gasteiger partial charge on any atom is -0.630 e. The topological polar surface area (TPSA) is 58.6 Å². The van der Waals surface area contributed by atoms with Gasteiger partial charge >= 0.3 is 5.97 Å². The summed E-state index contributed by atoms with van der Waals surface area (Å²) in [5, 5.41) is 0. The van der Waals surface area contributed by atoms with Gasteiger partial charge < -0.3 is 14.4 Å². The molecule has 0 aliphatic heterocycles. The molecule has 0 bridgehead atoms. The van der Waals surface area contributed by atoms with Gasteiger partial charge in [0.15, 0.2) is 5.49 Å². The Balaban J connectivity index is 2.13. The number of hydrogen-bond acceptors (Lipinski definition) is 5. The second-order valence-corrected chi connectivity index (χ2v) is 9.40. The van der Waals surface area contributed by atoms with Crippen LogP contribution in [0.5, 0.6) is 0 Å². The standard InChI is InChI=1S/C23H29O4PS/c1-3-26-22(24)23(27-4-2,17-11-14-20-12-7-5-8-13-20)18-28(25)19-29-21-15-9-6-10-16-21/h5-10,12-13,15-16,18H,3-4,11,14,17,19H2,1-2H3. The molecule has 0 aromatic heterocycles. The van der Waals surface area contributed by atoms with Crippen molar-refractivity contribution in [2.75, 3.05) is 18.7 Å². The second-order valence-electron chi connectivity index (χ2n) is 6.51. The van der Waals surface area contributed by atoms with Gasteiger partial charge in [0, 0.05) is 11.5 Å². The lowest BCUT2D eigenvalue weighted by molar-refractivity contribution is -0.164. The first kappa shape index (κ1) is 23.6. The average molecular weight is 433 g/mol. The van der Waals surface area contributed by atoms with Crippen molar-refractivity contribution in [2.45, 2.75) is 43.6 Å². The van der Waals surface area contributed by atoms with Gasteiger partial charge in [-0.15, -0.1) is 0 Å². The van der Waals surface area contributed by atoms with Gasteiger partial charge in [-0.25, -0.2) is 4.79 Å². The number of esters is 1. The van der Waals surface area contributed by atoms with Gasteiger partial charge in [0.05, 0.1) is 14.4 Å². The number of hydrogen-bond donors (Lipinski definition) is 0. The maximum Gasteiger partial charge on any atom is 0.346 e. The lowest BCUT2D eigenvalue weighted by atomic mass is 9.96. The summed E-state index contributed by atoms with van der Waals surface area (Å²) in [6, 6.07) is 19.9. The van der Waals surface area contributed by atoms with E-state index in [1.807, 2.05) is 55.5 Å². The maximum absolute atomic E-state index is 12.8. The average Bonchev–Trinajstić information content (AvgIpc) is 2.74. The summed E-state index contributed by atoms with van der Waals surface area (Å²) in [5.41, 5.74) is 0.321. The molecule has 0 heterocycles. The van der Waals surface area contributed by atoms with Crippen LogP contribution in [0.15, 0.2) is 65.6 Å². The summed E-state index contributed by atoms with van der Waals surface area (Å²) < 4.78 is 11.2. The SMILES string of the molecule is CCOC(=O)C(C=[P+]([O-])CSc1ccccc1)(CCCc1ccccc1)OCC. The van der Waals surface area contributed by atoms with Gasteiger partial charge in [-0.1, -0.05) is 60.3 Å². The van der Waals surface area contributed by atoms with E-state index >= 15 is 0 Å². The fourth-order valence-electron chi connectivity index (χ4n) is 3.02. The van der Waals surface area contributed by atoms with Gasteiger partial charge in [-0.05, 0) is 50.8 Å². The first-order valence-corrected chi connectivity index (χ1v) is 12.4. The zero-order valence-corrected chi connectivity index (χ0v) is 18.8. The number of rotatable bonds is 12. The molecule has 0 spiro atoms. The summed E-state index contributed by atoms with van der Waals surface area (Å²) in [4.78, 5) is 26.7. The van der Waals surface area contributed by atoms with E-state index in [9.17, 15) is 9.69 Å². The van der Waals surface area contributed by atoms with Crippen molar-refractivity contribution in [3.05, 3.63) is 66.2 Å². The third-order valence-electron chi connectivity index (χ3n) is 4.33. The van der Waals surface area contributed by atoms with E-state index in [2.05, 4.69) is 12.1 Å². The van der Waals surface area contributed by atoms with Crippen LogP contribution in [0, 0.1) is 0 Å². The Bertz CT molecular complexity index is 767. The smallest absolute Gasteiger partial charge is 0.346 e. The summed E-state index contributed by atoms with van der Waals surface area (Å²) in [7, 11) is -1.76. The molecule has 2 unspecified atom stereocenters. The number of benzene rings is 2. The molecule has 2 atom stereocenters. The van der Waals surface area contributed by atoms with Crippen LogP contribution in [0.1, 0.15) is 32.3 Å². The van der Waals surface area contributed by atoms with Gasteiger partial charge in [0.25, 0.3) is 0 Å². The highest BCUT2D eigenvalue weighted by atomic mass is 32.2. The van der Waals surface area contributed by atoms with Crippen LogP contribution in [0.4, 0.5) is 0 Å². The molecule has 4 nitrogen and oxygen atoms in total. The zero-order chi connectivity index (χ0) is 21.0. The van der Waals surface area contributed by atoms with Gasteiger partial charge in [0.2, 0.25) is 5.60 Å². The highest BCUT2D eigenvalue weighted by Gasteiger charge is 2.41. The van der Waals surface area contributed by atoms with E-state index in [1.165, 1.54) is 17.3 Å². The van der Waals surface area contributed by atoms with Crippen LogP contribution >= 0.6 is 19.5 Å². The van der Waals surface area contributed by atoms with Crippen molar-refractivity contribution in [1.29, 1.82) is 0 Å². The molecule has 0 amide bonds. The lowest BCUT2D eigenvalue weighted by Gasteiger charge is -2.26. The van der Waals surface area contributed by atoms with Crippen molar-refractivity contribution < 1.29 is 19.2 Å². The van der Waals surface area contributed by atoms with Crippen molar-refractivity contribution in [1.82, 2.24) is 0 Å². The van der Waals surface area contributed by atoms with E-state index in [0.29, 0.717) is 18.5 Å². The number of thioether (sulfide) groups is 1. The monoisotopic (exact) mass is 432 g/mol. The maximum atomic E-state index is 12.8. The Labute approximate surface area is 179 Å². The molecule has 29 heavy (non-hydrogen) atoms. The van der Waals surface area contributed by atoms with Gasteiger partial charge in [-0.3, -0.25) is 0 Å². The summed E-state index contributed by atoms with van der Waals surface area (Å²) in [5.74, 6) is 1.12. The minimum atomic E-state index is -1.76. The third-order valence-corrected chi connectivity index (χ3v) is 7.18. The van der Waals surface area contributed by atoms with E-state index < -0.39 is 19.3 Å². The van der Waals surface area contributed by atoms with Crippen LogP contribution in [0.2, 0.25) is 0 Å². The van der Waals surface area contributed by atoms with E-state index in [4.69, 9.17) is 9.47 Å². The fraction of sp³-hybridized carbons (Fsp3) is 0.391. The van der Waals surface area contributed by atoms with Crippen molar-refractivity contribution >= 4 is 31.3 Å². The first-order chi connectivity index (χ1) is 14.1. The predicted octanol–water partition coefficient (Wildman–Crippen LogP) is 4.66. The highest BCUT2D eigenvalue weighted by Crippen LogP contribution is 2.31. The molecule has 2 aromatic carbocycles. The number of ether oxygens (including phenoxy) is 2. The molecule has 2 rings (SSSR count). The largest absolute Gasteiger partial charge is 0.630 e. The van der Waals surface area contributed by atoms with E-state index in [1.54, 1.807) is 12.7 Å². The molecule has 156 valence electrons. The number of carbonyl (C=O) groups excluding carboxylic acids is 1. The summed E-state index contributed by atoms with van der Waals surface area (Å²) in [6.07, 6.45) is 1.98. The molecule has 0 aliphatic rings. The summed E-state index contributed by atoms with van der Waals surface area (Å²) >= 11 is 1.51. The van der Waals surface area contributed by atoms with Crippen molar-refractivity contribution in [3.8, 4) is 0 Å². The van der Waals surface area contributed by atoms with Gasteiger partial charge in [0.1, 0.15) is 5.80 Å². The second kappa shape index (κ2) is 12.8. The number of aryl methyl sites for hydroxylation is 1. The molecule has 0 fully saturated rings. The van der Waals surface area contributed by atoms with Crippen LogP contribution < -0.4 is 4.89 Å². The van der Waals surface area contributed by atoms with E-state index in [-0.39, 0.29) is 6.61 Å². The highest BCUT2D eigenvalue weighted by molar-refractivity contribution is 8.04. The molecule has 0 saturated carbocycles. The van der Waals surface area contributed by atoms with Crippen molar-refractivity contribution in [2.24, 2.45) is 0 Å². The van der Waals surface area contributed by atoms with Crippen molar-refractivity contribution in [3.63, 3.8) is 0 Å². The predicted molar refractivity (Wildman–Crippen MR) is 121 cm³/mol. The third kappa shape index (κ3) is 7.94. The van der Waals surface area contributed by atoms with Crippen LogP contribution in [-0.4, -0.2) is 36.1 Å². The van der Waals surface area contributed by atoms with E-state index in [0.717, 1.165) is 17.7 Å². The van der Waals surface area contributed by atoms with Crippen LogP contribution in [-0.2, 0) is 20.7 Å². The molecular weight excluding hydrogens is 403 g/mol. The molecule has 0 N–H and O–H groups in total. The Hall–Kier alpha value is -1.65. The quantitative estimate of drug-likeness (QED) is 0.277. The molecule has 6 heteroatoms. The normalized spacial score (nSPS) is 13.7. The lowest BCUT2D eigenvalue weighted by Crippen LogP contribution is -2.45. The molecule has 0 saturated heterocycles. The van der Waals surface area contributed by atoms with Crippen LogP contribution in [0.25, 0.3) is 0 Å². The summed E-state index contributed by atoms with van der Waals surface area (Å²) in [6.45, 7) is 4.21. The fourth-order valence-corrected chi connectivity index (χ4v) is 5.55. The Morgan fingerprint density at radius 3 is 2.34 bits per heavy atom. The molecule has 0 radical (unpaired) electrons. The molecule has 2 aromatic rings. The number of carbonyl (C=O) groups is 1. The molecular formula is C23H29O4PS. The Morgan fingerprint density at radius 1 is 1.07 bits per heavy atom. The molecule has 0 aliphatic carbocycles. The van der Waals surface area contributed by atoms with Gasteiger partial charge in [-0.2, -0.15) is 0 Å². The Morgan fingerprint density at radius 2 is 1.72 bits per heavy atom. The first-order valence-electron chi connectivity index (χ1n) is 9.92. The zero-order valence-electron chi connectivity index (χ0n) is 17.1.